The molecule has 0 unspecified atom stereocenters. The van der Waals surface area contributed by atoms with Crippen LogP contribution in [0.4, 0.5) is 5.00 Å². The normalized spacial score (nSPS) is 10.8. The van der Waals surface area contributed by atoms with Crippen molar-refractivity contribution in [3.8, 4) is 5.69 Å². The summed E-state index contributed by atoms with van der Waals surface area (Å²) in [5, 5.41) is 12.3. The van der Waals surface area contributed by atoms with Gasteiger partial charge in [-0.05, 0) is 38.5 Å². The Bertz CT molecular complexity index is 1030. The molecule has 0 aliphatic rings. The summed E-state index contributed by atoms with van der Waals surface area (Å²) < 4.78 is 6.73. The monoisotopic (exact) mass is 430 g/mol. The Labute approximate surface area is 177 Å². The lowest BCUT2D eigenvalue weighted by molar-refractivity contribution is -0.113. The topological polar surface area (TPSA) is 86.1 Å². The van der Waals surface area contributed by atoms with E-state index >= 15 is 0 Å². The Kier molecular flexibility index (Phi) is 6.71. The molecular weight excluding hydrogens is 408 g/mol. The molecule has 0 saturated heterocycles. The summed E-state index contributed by atoms with van der Waals surface area (Å²) in [4.78, 5) is 25.5. The zero-order valence-corrected chi connectivity index (χ0v) is 18.3. The maximum atomic E-state index is 12.5. The molecule has 3 rings (SSSR count). The molecule has 0 aliphatic carbocycles. The first-order valence-corrected chi connectivity index (χ1v) is 10.9. The molecule has 0 bridgehead atoms. The molecule has 0 atom stereocenters. The van der Waals surface area contributed by atoms with Gasteiger partial charge >= 0.3 is 5.97 Å². The highest BCUT2D eigenvalue weighted by Gasteiger charge is 2.19. The highest BCUT2D eigenvalue weighted by Crippen LogP contribution is 2.30. The van der Waals surface area contributed by atoms with Gasteiger partial charge in [-0.15, -0.1) is 21.5 Å². The second-order valence-electron chi connectivity index (χ2n) is 6.34. The third kappa shape index (κ3) is 4.86. The minimum absolute atomic E-state index is 0.143. The lowest BCUT2D eigenvalue weighted by Crippen LogP contribution is -2.16. The van der Waals surface area contributed by atoms with E-state index in [1.807, 2.05) is 49.6 Å². The van der Waals surface area contributed by atoms with Gasteiger partial charge in [-0.25, -0.2) is 4.79 Å². The van der Waals surface area contributed by atoms with Gasteiger partial charge in [0.05, 0.1) is 18.4 Å². The van der Waals surface area contributed by atoms with Crippen LogP contribution in [0.15, 0.2) is 35.5 Å². The second-order valence-corrected chi connectivity index (χ2v) is 8.42. The SMILES string of the molecule is CCc1cc(C(=O)OC)c(NC(=O)CSc2nnc(C)n2-c2ccc(C)cc2)s1. The zero-order valence-electron chi connectivity index (χ0n) is 16.7. The fourth-order valence-electron chi connectivity index (χ4n) is 2.69. The van der Waals surface area contributed by atoms with Gasteiger partial charge in [0.15, 0.2) is 5.16 Å². The van der Waals surface area contributed by atoms with Crippen molar-refractivity contribution in [2.45, 2.75) is 32.3 Å². The summed E-state index contributed by atoms with van der Waals surface area (Å²) in [5.74, 6) is 0.208. The number of aromatic nitrogens is 3. The van der Waals surface area contributed by atoms with Crippen LogP contribution < -0.4 is 5.32 Å². The molecule has 0 saturated carbocycles. The molecule has 29 heavy (non-hydrogen) atoms. The first-order chi connectivity index (χ1) is 13.9. The molecule has 1 amide bonds. The van der Waals surface area contributed by atoms with Gasteiger partial charge in [0.25, 0.3) is 0 Å². The minimum atomic E-state index is -0.460. The number of rotatable bonds is 7. The summed E-state index contributed by atoms with van der Waals surface area (Å²) in [6, 6.07) is 9.79. The Morgan fingerprint density at radius 1 is 1.21 bits per heavy atom. The summed E-state index contributed by atoms with van der Waals surface area (Å²) in [7, 11) is 1.33. The van der Waals surface area contributed by atoms with Crippen molar-refractivity contribution in [3.05, 3.63) is 52.2 Å². The quantitative estimate of drug-likeness (QED) is 0.450. The molecule has 2 aromatic heterocycles. The van der Waals surface area contributed by atoms with Crippen LogP contribution in [0.25, 0.3) is 5.69 Å². The van der Waals surface area contributed by atoms with Crippen LogP contribution in [0, 0.1) is 13.8 Å². The first-order valence-electron chi connectivity index (χ1n) is 9.05. The van der Waals surface area contributed by atoms with E-state index in [9.17, 15) is 9.59 Å². The molecule has 9 heteroatoms. The Balaban J connectivity index is 1.72. The molecule has 1 aromatic carbocycles. The van der Waals surface area contributed by atoms with Crippen LogP contribution in [-0.4, -0.2) is 39.5 Å². The van der Waals surface area contributed by atoms with Gasteiger partial charge in [0.1, 0.15) is 10.8 Å². The molecule has 2 heterocycles. The van der Waals surface area contributed by atoms with E-state index in [2.05, 4.69) is 15.5 Å². The Morgan fingerprint density at radius 3 is 2.59 bits per heavy atom. The van der Waals surface area contributed by atoms with Crippen molar-refractivity contribution in [2.24, 2.45) is 0 Å². The Morgan fingerprint density at radius 2 is 1.93 bits per heavy atom. The third-order valence-corrected chi connectivity index (χ3v) is 6.33. The van der Waals surface area contributed by atoms with E-state index in [0.29, 0.717) is 15.7 Å². The molecule has 7 nitrogen and oxygen atoms in total. The largest absolute Gasteiger partial charge is 0.465 e. The zero-order chi connectivity index (χ0) is 21.0. The predicted molar refractivity (Wildman–Crippen MR) is 115 cm³/mol. The molecule has 3 aromatic rings. The number of benzene rings is 1. The number of hydrogen-bond acceptors (Lipinski definition) is 7. The van der Waals surface area contributed by atoms with Gasteiger partial charge in [-0.3, -0.25) is 9.36 Å². The molecule has 0 fully saturated rings. The van der Waals surface area contributed by atoms with Crippen molar-refractivity contribution >= 4 is 40.0 Å². The highest BCUT2D eigenvalue weighted by molar-refractivity contribution is 7.99. The number of nitrogens with zero attached hydrogens (tertiary/aromatic N) is 3. The number of anilines is 1. The lowest BCUT2D eigenvalue weighted by Gasteiger charge is -2.09. The van der Waals surface area contributed by atoms with Crippen molar-refractivity contribution in [1.82, 2.24) is 14.8 Å². The number of aryl methyl sites for hydroxylation is 3. The first kappa shape index (κ1) is 21.1. The van der Waals surface area contributed by atoms with Gasteiger partial charge in [0, 0.05) is 10.6 Å². The van der Waals surface area contributed by atoms with E-state index in [1.54, 1.807) is 6.07 Å². The van der Waals surface area contributed by atoms with Crippen molar-refractivity contribution < 1.29 is 14.3 Å². The molecular formula is C20H22N4O3S2. The number of hydrogen-bond donors (Lipinski definition) is 1. The van der Waals surface area contributed by atoms with E-state index in [0.717, 1.165) is 28.4 Å². The van der Waals surface area contributed by atoms with E-state index in [-0.39, 0.29) is 11.7 Å². The molecule has 0 radical (unpaired) electrons. The van der Waals surface area contributed by atoms with Crippen molar-refractivity contribution in [1.29, 1.82) is 0 Å². The maximum absolute atomic E-state index is 12.5. The summed E-state index contributed by atoms with van der Waals surface area (Å²) in [6.45, 7) is 5.89. The highest BCUT2D eigenvalue weighted by atomic mass is 32.2. The van der Waals surface area contributed by atoms with Crippen LogP contribution >= 0.6 is 23.1 Å². The van der Waals surface area contributed by atoms with E-state index in [4.69, 9.17) is 4.74 Å². The average Bonchev–Trinajstić information content (AvgIpc) is 3.29. The van der Waals surface area contributed by atoms with Crippen molar-refractivity contribution in [3.63, 3.8) is 0 Å². The number of ether oxygens (including phenoxy) is 1. The fourth-order valence-corrected chi connectivity index (χ4v) is 4.49. The second kappa shape index (κ2) is 9.23. The number of amides is 1. The van der Waals surface area contributed by atoms with E-state index < -0.39 is 5.97 Å². The van der Waals surface area contributed by atoms with Crippen LogP contribution in [-0.2, 0) is 16.0 Å². The van der Waals surface area contributed by atoms with Gasteiger partial charge < -0.3 is 10.1 Å². The number of methoxy groups -OCH3 is 1. The maximum Gasteiger partial charge on any atom is 0.340 e. The standard InChI is InChI=1S/C20H22N4O3S2/c1-5-15-10-16(19(26)27-4)18(29-15)21-17(25)11-28-20-23-22-13(3)24(20)14-8-6-12(2)7-9-14/h6-10H,5,11H2,1-4H3,(H,21,25). The number of thioether (sulfide) groups is 1. The number of thiophene rings is 1. The smallest absolute Gasteiger partial charge is 0.340 e. The molecule has 0 aliphatic heterocycles. The third-order valence-electron chi connectivity index (χ3n) is 4.21. The minimum Gasteiger partial charge on any atom is -0.465 e. The Hall–Kier alpha value is -2.65. The molecule has 1 N–H and O–H groups in total. The predicted octanol–water partition coefficient (Wildman–Crippen LogP) is 4.03. The molecule has 0 spiro atoms. The van der Waals surface area contributed by atoms with Crippen LogP contribution in [0.3, 0.4) is 0 Å². The summed E-state index contributed by atoms with van der Waals surface area (Å²) >= 11 is 2.68. The summed E-state index contributed by atoms with van der Waals surface area (Å²) in [6.07, 6.45) is 0.776. The number of carbonyl (C=O) groups is 2. The van der Waals surface area contributed by atoms with Gasteiger partial charge in [-0.2, -0.15) is 0 Å². The summed E-state index contributed by atoms with van der Waals surface area (Å²) in [5.41, 5.74) is 2.49. The van der Waals surface area contributed by atoms with Gasteiger partial charge in [0.2, 0.25) is 5.91 Å². The average molecular weight is 431 g/mol. The van der Waals surface area contributed by atoms with Crippen molar-refractivity contribution in [2.75, 3.05) is 18.2 Å². The lowest BCUT2D eigenvalue weighted by atomic mass is 10.2. The number of esters is 1. The van der Waals surface area contributed by atoms with Crippen LogP contribution in [0.2, 0.25) is 0 Å². The number of nitrogens with one attached hydrogen (secondary N) is 1. The molecule has 152 valence electrons. The fraction of sp³-hybridized carbons (Fsp3) is 0.300. The van der Waals surface area contributed by atoms with E-state index in [1.165, 1.54) is 30.2 Å². The van der Waals surface area contributed by atoms with Crippen LogP contribution in [0.5, 0.6) is 0 Å². The number of carbonyl (C=O) groups excluding carboxylic acids is 2. The van der Waals surface area contributed by atoms with Gasteiger partial charge in [-0.1, -0.05) is 36.4 Å². The van der Waals surface area contributed by atoms with Crippen LogP contribution in [0.1, 0.15) is 33.5 Å².